The van der Waals surface area contributed by atoms with Gasteiger partial charge in [0.2, 0.25) is 11.8 Å². The predicted molar refractivity (Wildman–Crippen MR) is 250 cm³/mol. The van der Waals surface area contributed by atoms with Gasteiger partial charge in [-0.05, 0) is 122 Å². The molecule has 0 aromatic heterocycles. The van der Waals surface area contributed by atoms with Crippen molar-refractivity contribution in [3.05, 3.63) is 132 Å². The van der Waals surface area contributed by atoms with Gasteiger partial charge >= 0.3 is 0 Å². The van der Waals surface area contributed by atoms with Gasteiger partial charge in [-0.1, -0.05) is 120 Å². The topological polar surface area (TPSA) is 116 Å². The Morgan fingerprint density at radius 3 is 1.69 bits per heavy atom. The summed E-state index contributed by atoms with van der Waals surface area (Å²) >= 11 is 0. The van der Waals surface area contributed by atoms with Crippen LogP contribution in [0.2, 0.25) is 0 Å². The maximum Gasteiger partial charge on any atom is 0.255 e. The molecular weight excluding hydrogens is 757 g/mol. The average Bonchev–Trinajstić information content (AvgIpc) is 3.71. The second-order valence-electron chi connectivity index (χ2n) is 17.4. The molecule has 6 rings (SSSR count). The largest absolute Gasteiger partial charge is 0.359 e. The fraction of sp³-hybridized carbons (Fsp3) is 0.434. The van der Waals surface area contributed by atoms with Crippen LogP contribution in [0.4, 0.5) is 22.7 Å². The Morgan fingerprint density at radius 2 is 1.02 bits per heavy atom. The molecule has 0 spiro atoms. The van der Waals surface area contributed by atoms with Gasteiger partial charge in [0, 0.05) is 58.8 Å². The number of rotatable bonds is 20. The third-order valence-electron chi connectivity index (χ3n) is 12.5. The lowest BCUT2D eigenvalue weighted by molar-refractivity contribution is -0.117. The second kappa shape index (κ2) is 24.1. The number of carbonyl (C=O) groups excluding carboxylic acids is 4. The summed E-state index contributed by atoms with van der Waals surface area (Å²) < 4.78 is 0. The van der Waals surface area contributed by atoms with Crippen LogP contribution >= 0.6 is 0 Å². The minimum Gasteiger partial charge on any atom is -0.359 e. The highest BCUT2D eigenvalue weighted by Crippen LogP contribution is 2.29. The first kappa shape index (κ1) is 45.0. The Kier molecular flexibility index (Phi) is 17.8. The number of benzene rings is 4. The van der Waals surface area contributed by atoms with E-state index in [0.717, 1.165) is 41.3 Å². The Balaban J connectivity index is 0.874. The Hall–Kier alpha value is -5.50. The van der Waals surface area contributed by atoms with Gasteiger partial charge in [-0.15, -0.1) is 0 Å². The van der Waals surface area contributed by atoms with Crippen LogP contribution in [0.1, 0.15) is 154 Å². The molecule has 322 valence electrons. The highest BCUT2D eigenvalue weighted by Gasteiger charge is 2.16. The summed E-state index contributed by atoms with van der Waals surface area (Å²) in [4.78, 5) is 51.7. The van der Waals surface area contributed by atoms with E-state index in [-0.39, 0.29) is 23.5 Å². The molecule has 2 fully saturated rings. The number of carbonyl (C=O) groups is 4. The molecule has 0 bridgehead atoms. The standard InChI is InChI=1S/C53H66N4O4/c1-39(23-24-40-13-6-2-3-7-14-40)54-46-29-25-42(26-30-46)27-35-50(58)44-19-12-21-49(38-44)56-51(59)22-11-18-43-17-10-20-45(37-43)53(61)57-48-33-31-47(32-34-48)55-52(60)36-28-41-15-8-4-5-9-16-41/h10,12,17,19-21,25-26,29-34,37-38,40-41,54H,1-9,11,13-16,18,22-24,27-28,35-36H2,(H,55,60)(H,56,59)(H,57,61). The summed E-state index contributed by atoms with van der Waals surface area (Å²) in [6.07, 6.45) is 22.1. The minimum atomic E-state index is -0.225. The van der Waals surface area contributed by atoms with Crippen LogP contribution in [0.25, 0.3) is 0 Å². The Labute approximate surface area is 363 Å². The molecule has 3 amide bonds. The number of amides is 3. The first-order valence-electron chi connectivity index (χ1n) is 23.0. The summed E-state index contributed by atoms with van der Waals surface area (Å²) in [5.41, 5.74) is 7.22. The molecular formula is C53H66N4O4. The number of ketones is 1. The van der Waals surface area contributed by atoms with E-state index in [1.54, 1.807) is 42.5 Å². The summed E-state index contributed by atoms with van der Waals surface area (Å²) in [5.74, 6) is 1.20. The van der Waals surface area contributed by atoms with Gasteiger partial charge < -0.3 is 21.3 Å². The minimum absolute atomic E-state index is 0.0325. The van der Waals surface area contributed by atoms with Crippen molar-refractivity contribution in [3.8, 4) is 0 Å². The molecule has 0 radical (unpaired) electrons. The van der Waals surface area contributed by atoms with Crippen LogP contribution in [0.15, 0.2) is 109 Å². The first-order valence-corrected chi connectivity index (χ1v) is 23.0. The van der Waals surface area contributed by atoms with Gasteiger partial charge in [-0.3, -0.25) is 19.2 Å². The zero-order valence-electron chi connectivity index (χ0n) is 36.1. The van der Waals surface area contributed by atoms with E-state index in [0.29, 0.717) is 72.6 Å². The van der Waals surface area contributed by atoms with Crippen LogP contribution in [-0.4, -0.2) is 23.5 Å². The van der Waals surface area contributed by atoms with Crippen molar-refractivity contribution in [1.29, 1.82) is 0 Å². The Bertz CT molecular complexity index is 2040. The second-order valence-corrected chi connectivity index (χ2v) is 17.4. The maximum absolute atomic E-state index is 13.1. The monoisotopic (exact) mass is 823 g/mol. The number of nitrogens with one attached hydrogen (secondary N) is 4. The lowest BCUT2D eigenvalue weighted by Gasteiger charge is -2.16. The lowest BCUT2D eigenvalue weighted by atomic mass is 9.94. The van der Waals surface area contributed by atoms with Crippen LogP contribution < -0.4 is 21.3 Å². The summed E-state index contributed by atoms with van der Waals surface area (Å²) in [6.45, 7) is 4.26. The molecule has 0 atom stereocenters. The van der Waals surface area contributed by atoms with Gasteiger partial charge in [0.1, 0.15) is 0 Å². The van der Waals surface area contributed by atoms with Gasteiger partial charge in [0.05, 0.1) is 0 Å². The van der Waals surface area contributed by atoms with Crippen molar-refractivity contribution in [2.45, 2.75) is 135 Å². The number of Topliss-reactive ketones (excluding diaryl/α,β-unsaturated/α-hetero) is 1. The zero-order chi connectivity index (χ0) is 42.7. The van der Waals surface area contributed by atoms with Crippen molar-refractivity contribution in [1.82, 2.24) is 0 Å². The lowest BCUT2D eigenvalue weighted by Crippen LogP contribution is -2.14. The fourth-order valence-corrected chi connectivity index (χ4v) is 8.82. The van der Waals surface area contributed by atoms with Gasteiger partial charge in [-0.2, -0.15) is 0 Å². The van der Waals surface area contributed by atoms with Crippen LogP contribution in [0.5, 0.6) is 0 Å². The van der Waals surface area contributed by atoms with Crippen molar-refractivity contribution in [2.24, 2.45) is 11.8 Å². The molecule has 8 nitrogen and oxygen atoms in total. The fourth-order valence-electron chi connectivity index (χ4n) is 8.82. The summed E-state index contributed by atoms with van der Waals surface area (Å²) in [6, 6.07) is 30.1. The average molecular weight is 823 g/mol. The molecule has 4 aromatic carbocycles. The normalized spacial score (nSPS) is 14.9. The maximum atomic E-state index is 13.1. The highest BCUT2D eigenvalue weighted by molar-refractivity contribution is 6.04. The summed E-state index contributed by atoms with van der Waals surface area (Å²) in [5, 5.41) is 12.4. The predicted octanol–water partition coefficient (Wildman–Crippen LogP) is 13.1. The molecule has 0 saturated heterocycles. The molecule has 4 N–H and O–H groups in total. The quantitative estimate of drug-likeness (QED) is 0.0523. The molecule has 2 aliphatic carbocycles. The van der Waals surface area contributed by atoms with E-state index in [2.05, 4.69) is 52.1 Å². The van der Waals surface area contributed by atoms with Crippen molar-refractivity contribution < 1.29 is 19.2 Å². The number of aryl methyl sites for hydroxylation is 2. The van der Waals surface area contributed by atoms with Crippen molar-refractivity contribution in [3.63, 3.8) is 0 Å². The van der Waals surface area contributed by atoms with Gasteiger partial charge in [0.15, 0.2) is 5.78 Å². The number of hydrogen-bond donors (Lipinski definition) is 4. The van der Waals surface area contributed by atoms with E-state index in [1.165, 1.54) is 83.5 Å². The number of allylic oxidation sites excluding steroid dienone is 1. The van der Waals surface area contributed by atoms with Crippen molar-refractivity contribution >= 4 is 46.3 Å². The molecule has 61 heavy (non-hydrogen) atoms. The third-order valence-corrected chi connectivity index (χ3v) is 12.5. The molecule has 0 aliphatic heterocycles. The Morgan fingerprint density at radius 1 is 0.475 bits per heavy atom. The molecule has 2 aliphatic rings. The van der Waals surface area contributed by atoms with Crippen LogP contribution in [0.3, 0.4) is 0 Å². The molecule has 0 heterocycles. The smallest absolute Gasteiger partial charge is 0.255 e. The van der Waals surface area contributed by atoms with E-state index in [4.69, 9.17) is 0 Å². The van der Waals surface area contributed by atoms with Gasteiger partial charge in [0.25, 0.3) is 5.91 Å². The molecule has 8 heteroatoms. The van der Waals surface area contributed by atoms with Crippen LogP contribution in [-0.2, 0) is 22.4 Å². The van der Waals surface area contributed by atoms with E-state index >= 15 is 0 Å². The van der Waals surface area contributed by atoms with Gasteiger partial charge in [-0.25, -0.2) is 0 Å². The van der Waals surface area contributed by atoms with E-state index in [1.807, 2.05) is 30.3 Å². The van der Waals surface area contributed by atoms with Crippen LogP contribution in [0, 0.1) is 11.8 Å². The molecule has 0 unspecified atom stereocenters. The van der Waals surface area contributed by atoms with Crippen molar-refractivity contribution in [2.75, 3.05) is 21.3 Å². The molecule has 4 aromatic rings. The van der Waals surface area contributed by atoms with E-state index in [9.17, 15) is 19.2 Å². The third kappa shape index (κ3) is 15.8. The number of anilines is 4. The first-order chi connectivity index (χ1) is 29.8. The SMILES string of the molecule is C=C(CCC1CCCCCC1)Nc1ccc(CCC(=O)c2cccc(NC(=O)CCCc3cccc(C(=O)Nc4ccc(NC(=O)CCC5CCCCCC5)cc4)c3)c2)cc1. The van der Waals surface area contributed by atoms with E-state index < -0.39 is 0 Å². The summed E-state index contributed by atoms with van der Waals surface area (Å²) in [7, 11) is 0. The molecule has 2 saturated carbocycles. The highest BCUT2D eigenvalue weighted by atomic mass is 16.2. The zero-order valence-corrected chi connectivity index (χ0v) is 36.1. The number of hydrogen-bond acceptors (Lipinski definition) is 5.